The van der Waals surface area contributed by atoms with Crippen LogP contribution in [0.1, 0.15) is 49.8 Å². The maximum Gasteiger partial charge on any atom is 0.248 e. The summed E-state index contributed by atoms with van der Waals surface area (Å²) in [6, 6.07) is 2.13. The van der Waals surface area contributed by atoms with E-state index in [1.54, 1.807) is 6.20 Å². The average molecular weight is 268 g/mol. The zero-order valence-electron chi connectivity index (χ0n) is 11.6. The molecule has 1 aromatic rings. The topological polar surface area (TPSA) is 24.9 Å². The summed E-state index contributed by atoms with van der Waals surface area (Å²) in [4.78, 5) is 4.18. The fraction of sp³-hybridized carbons (Fsp3) is 0.667. The zero-order valence-corrected chi connectivity index (χ0v) is 11.6. The third-order valence-electron chi connectivity index (χ3n) is 4.07. The number of nitrogens with one attached hydrogen (secondary N) is 1. The van der Waals surface area contributed by atoms with Crippen molar-refractivity contribution < 1.29 is 8.78 Å². The molecule has 19 heavy (non-hydrogen) atoms. The molecular weight excluding hydrogens is 246 g/mol. The van der Waals surface area contributed by atoms with Crippen LogP contribution in [0.2, 0.25) is 0 Å². The van der Waals surface area contributed by atoms with Crippen molar-refractivity contribution in [2.75, 3.05) is 6.54 Å². The summed E-state index contributed by atoms with van der Waals surface area (Å²) in [6.45, 7) is 4.95. The van der Waals surface area contributed by atoms with Crippen molar-refractivity contribution in [3.8, 4) is 0 Å². The summed E-state index contributed by atoms with van der Waals surface area (Å²) in [6.07, 6.45) is 4.84. The van der Waals surface area contributed by atoms with Crippen LogP contribution in [0.25, 0.3) is 0 Å². The molecule has 0 aromatic carbocycles. The molecule has 1 saturated carbocycles. The maximum absolute atomic E-state index is 13.3. The lowest BCUT2D eigenvalue weighted by molar-refractivity contribution is -0.0497. The van der Waals surface area contributed by atoms with Gasteiger partial charge in [-0.25, -0.2) is 8.78 Å². The fourth-order valence-corrected chi connectivity index (χ4v) is 2.95. The van der Waals surface area contributed by atoms with Gasteiger partial charge in [0, 0.05) is 31.3 Å². The molecule has 1 atom stereocenters. The number of hydrogen-bond donors (Lipinski definition) is 1. The average Bonchev–Trinajstić information content (AvgIpc) is 2.38. The Morgan fingerprint density at radius 3 is 2.68 bits per heavy atom. The van der Waals surface area contributed by atoms with Crippen molar-refractivity contribution >= 4 is 0 Å². The van der Waals surface area contributed by atoms with Crippen molar-refractivity contribution in [2.45, 2.75) is 51.5 Å². The predicted octanol–water partition coefficient (Wildman–Crippen LogP) is 3.87. The highest BCUT2D eigenvalue weighted by Crippen LogP contribution is 2.41. The minimum Gasteiger partial charge on any atom is -0.310 e. The van der Waals surface area contributed by atoms with Gasteiger partial charge < -0.3 is 5.32 Å². The summed E-state index contributed by atoms with van der Waals surface area (Å²) < 4.78 is 26.6. The van der Waals surface area contributed by atoms with E-state index in [9.17, 15) is 8.78 Å². The van der Waals surface area contributed by atoms with Gasteiger partial charge in [-0.2, -0.15) is 0 Å². The van der Waals surface area contributed by atoms with Crippen LogP contribution in [-0.4, -0.2) is 17.5 Å². The summed E-state index contributed by atoms with van der Waals surface area (Å²) in [5.41, 5.74) is 2.33. The van der Waals surface area contributed by atoms with Gasteiger partial charge >= 0.3 is 0 Å². The number of alkyl halides is 2. The minimum atomic E-state index is -2.46. The van der Waals surface area contributed by atoms with E-state index >= 15 is 0 Å². The van der Waals surface area contributed by atoms with Crippen molar-refractivity contribution in [3.63, 3.8) is 0 Å². The molecule has 106 valence electrons. The highest BCUT2D eigenvalue weighted by Gasteiger charge is 2.38. The lowest BCUT2D eigenvalue weighted by atomic mass is 9.79. The van der Waals surface area contributed by atoms with E-state index < -0.39 is 5.92 Å². The summed E-state index contributed by atoms with van der Waals surface area (Å²) in [5.74, 6) is -2.18. The first kappa shape index (κ1) is 14.4. The molecule has 0 bridgehead atoms. The highest BCUT2D eigenvalue weighted by molar-refractivity contribution is 5.26. The SMILES string of the molecule is CCNC(c1cnccc1C)C1CCC(F)(F)CC1. The smallest absolute Gasteiger partial charge is 0.248 e. The number of aryl methyl sites for hydroxylation is 1. The molecule has 4 heteroatoms. The molecule has 2 rings (SSSR count). The van der Waals surface area contributed by atoms with Crippen LogP contribution in [-0.2, 0) is 0 Å². The second-order valence-electron chi connectivity index (χ2n) is 5.46. The van der Waals surface area contributed by atoms with Crippen LogP contribution < -0.4 is 5.32 Å². The molecule has 2 nitrogen and oxygen atoms in total. The number of pyridine rings is 1. The molecule has 1 fully saturated rings. The van der Waals surface area contributed by atoms with Gasteiger partial charge in [0.25, 0.3) is 0 Å². The van der Waals surface area contributed by atoms with Gasteiger partial charge in [-0.15, -0.1) is 0 Å². The quantitative estimate of drug-likeness (QED) is 0.896. The Kier molecular flexibility index (Phi) is 4.50. The second kappa shape index (κ2) is 5.95. The number of hydrogen-bond acceptors (Lipinski definition) is 2. The first-order valence-corrected chi connectivity index (χ1v) is 7.05. The second-order valence-corrected chi connectivity index (χ2v) is 5.46. The monoisotopic (exact) mass is 268 g/mol. The highest BCUT2D eigenvalue weighted by atomic mass is 19.3. The van der Waals surface area contributed by atoms with Gasteiger partial charge in [-0.05, 0) is 49.4 Å². The van der Waals surface area contributed by atoms with Gasteiger partial charge in [0.15, 0.2) is 0 Å². The van der Waals surface area contributed by atoms with Crippen LogP contribution in [0.15, 0.2) is 18.5 Å². The molecule has 1 N–H and O–H groups in total. The first-order valence-electron chi connectivity index (χ1n) is 7.05. The molecule has 1 aliphatic rings. The number of halogens is 2. The molecule has 1 heterocycles. The molecule has 0 amide bonds. The van der Waals surface area contributed by atoms with E-state index in [4.69, 9.17) is 0 Å². The summed E-state index contributed by atoms with van der Waals surface area (Å²) in [7, 11) is 0. The van der Waals surface area contributed by atoms with Gasteiger partial charge in [0.2, 0.25) is 5.92 Å². The molecule has 1 aromatic heterocycles. The lowest BCUT2D eigenvalue weighted by Crippen LogP contribution is -2.34. The zero-order chi connectivity index (χ0) is 13.9. The van der Waals surface area contributed by atoms with E-state index in [-0.39, 0.29) is 24.8 Å². The van der Waals surface area contributed by atoms with E-state index in [0.29, 0.717) is 12.8 Å². The van der Waals surface area contributed by atoms with Gasteiger partial charge in [0.05, 0.1) is 0 Å². The number of aromatic nitrogens is 1. The molecular formula is C15H22F2N2. The molecule has 0 spiro atoms. The Bertz CT molecular complexity index is 410. The Labute approximate surface area is 113 Å². The van der Waals surface area contributed by atoms with Crippen LogP contribution in [0.4, 0.5) is 8.78 Å². The van der Waals surface area contributed by atoms with Crippen molar-refractivity contribution in [3.05, 3.63) is 29.6 Å². The Balaban J connectivity index is 2.15. The maximum atomic E-state index is 13.3. The lowest BCUT2D eigenvalue weighted by Gasteiger charge is -2.34. The third kappa shape index (κ3) is 3.50. The Morgan fingerprint density at radius 1 is 1.42 bits per heavy atom. The third-order valence-corrected chi connectivity index (χ3v) is 4.07. The van der Waals surface area contributed by atoms with Crippen molar-refractivity contribution in [1.29, 1.82) is 0 Å². The van der Waals surface area contributed by atoms with Gasteiger partial charge in [-0.3, -0.25) is 4.98 Å². The van der Waals surface area contributed by atoms with Crippen LogP contribution >= 0.6 is 0 Å². The fourth-order valence-electron chi connectivity index (χ4n) is 2.95. The minimum absolute atomic E-state index is 0.0128. The first-order chi connectivity index (χ1) is 9.03. The molecule has 1 unspecified atom stereocenters. The van der Waals surface area contributed by atoms with Crippen LogP contribution in [0.5, 0.6) is 0 Å². The summed E-state index contributed by atoms with van der Waals surface area (Å²) in [5, 5.41) is 3.45. The molecule has 0 saturated heterocycles. The van der Waals surface area contributed by atoms with E-state index in [1.807, 2.05) is 12.3 Å². The van der Waals surface area contributed by atoms with E-state index in [0.717, 1.165) is 12.1 Å². The van der Waals surface area contributed by atoms with Crippen molar-refractivity contribution in [1.82, 2.24) is 10.3 Å². The normalized spacial score (nSPS) is 21.3. The predicted molar refractivity (Wildman–Crippen MR) is 72.3 cm³/mol. The standard InChI is InChI=1S/C15H22F2N2/c1-3-19-14(13-10-18-9-6-11(13)2)12-4-7-15(16,17)8-5-12/h6,9-10,12,14,19H,3-5,7-8H2,1-2H3. The Hall–Kier alpha value is -1.03. The van der Waals surface area contributed by atoms with E-state index in [1.165, 1.54) is 5.56 Å². The number of nitrogens with zero attached hydrogens (tertiary/aromatic N) is 1. The van der Waals surface area contributed by atoms with Crippen LogP contribution in [0, 0.1) is 12.8 Å². The van der Waals surface area contributed by atoms with Gasteiger partial charge in [-0.1, -0.05) is 6.92 Å². The summed E-state index contributed by atoms with van der Waals surface area (Å²) >= 11 is 0. The molecule has 1 aliphatic carbocycles. The van der Waals surface area contributed by atoms with Gasteiger partial charge in [0.1, 0.15) is 0 Å². The largest absolute Gasteiger partial charge is 0.310 e. The molecule has 0 aliphatic heterocycles. The van der Waals surface area contributed by atoms with E-state index in [2.05, 4.69) is 24.1 Å². The van der Waals surface area contributed by atoms with Crippen LogP contribution in [0.3, 0.4) is 0 Å². The van der Waals surface area contributed by atoms with Crippen molar-refractivity contribution in [2.24, 2.45) is 5.92 Å². The number of rotatable bonds is 4. The Morgan fingerprint density at radius 2 is 2.11 bits per heavy atom. The molecule has 0 radical (unpaired) electrons.